The van der Waals surface area contributed by atoms with Crippen molar-refractivity contribution >= 4 is 23.4 Å². The van der Waals surface area contributed by atoms with Crippen LogP contribution in [0, 0.1) is 10.1 Å². The van der Waals surface area contributed by atoms with Gasteiger partial charge in [-0.15, -0.1) is 0 Å². The van der Waals surface area contributed by atoms with Crippen LogP contribution in [0.2, 0.25) is 0 Å². The van der Waals surface area contributed by atoms with E-state index in [2.05, 4.69) is 5.32 Å². The van der Waals surface area contributed by atoms with Gasteiger partial charge < -0.3 is 10.1 Å². The normalized spacial score (nSPS) is 10.4. The van der Waals surface area contributed by atoms with E-state index in [1.165, 1.54) is 18.2 Å². The van der Waals surface area contributed by atoms with E-state index in [4.69, 9.17) is 4.74 Å². The molecule has 112 valence electrons. The van der Waals surface area contributed by atoms with Gasteiger partial charge in [0.25, 0.3) is 5.69 Å². The molecular weight excluding hydrogens is 284 g/mol. The summed E-state index contributed by atoms with van der Waals surface area (Å²) in [4.78, 5) is 22.2. The maximum atomic E-state index is 11.8. The lowest BCUT2D eigenvalue weighted by Crippen LogP contribution is -2.07. The number of benzene rings is 2. The molecule has 0 bridgehead atoms. The minimum atomic E-state index is -0.485. The Balaban J connectivity index is 2.06. The van der Waals surface area contributed by atoms with Crippen molar-refractivity contribution in [1.29, 1.82) is 0 Å². The molecule has 2 aromatic rings. The maximum Gasteiger partial charge on any atom is 0.276 e. The van der Waals surface area contributed by atoms with Crippen LogP contribution in [-0.4, -0.2) is 17.9 Å². The van der Waals surface area contributed by atoms with Crippen LogP contribution < -0.4 is 10.1 Å². The Bertz CT molecular complexity index is 708. The van der Waals surface area contributed by atoms with E-state index in [9.17, 15) is 14.9 Å². The molecule has 22 heavy (non-hydrogen) atoms. The molecule has 6 heteroatoms. The van der Waals surface area contributed by atoms with Gasteiger partial charge in [-0.25, -0.2) is 0 Å². The molecule has 2 aromatic carbocycles. The van der Waals surface area contributed by atoms with E-state index < -0.39 is 4.92 Å². The number of methoxy groups -OCH3 is 1. The Morgan fingerprint density at radius 1 is 1.18 bits per heavy atom. The lowest BCUT2D eigenvalue weighted by atomic mass is 10.1. The third-order valence-corrected chi connectivity index (χ3v) is 2.91. The number of para-hydroxylation sites is 1. The molecule has 0 radical (unpaired) electrons. The zero-order valence-corrected chi connectivity index (χ0v) is 11.9. The molecule has 6 nitrogen and oxygen atoms in total. The number of nitrogens with zero attached hydrogens (tertiary/aromatic N) is 1. The molecule has 0 atom stereocenters. The highest BCUT2D eigenvalue weighted by molar-refractivity contribution is 6.02. The average molecular weight is 298 g/mol. The third kappa shape index (κ3) is 3.92. The van der Waals surface area contributed by atoms with Gasteiger partial charge >= 0.3 is 0 Å². The van der Waals surface area contributed by atoms with Crippen LogP contribution in [0.3, 0.4) is 0 Å². The van der Waals surface area contributed by atoms with Gasteiger partial charge in [-0.1, -0.05) is 12.1 Å². The molecule has 0 saturated heterocycles. The van der Waals surface area contributed by atoms with Crippen LogP contribution in [0.15, 0.2) is 54.6 Å². The molecule has 0 heterocycles. The van der Waals surface area contributed by atoms with E-state index in [-0.39, 0.29) is 11.6 Å². The number of anilines is 1. The highest BCUT2D eigenvalue weighted by Crippen LogP contribution is 2.19. The van der Waals surface area contributed by atoms with Crippen molar-refractivity contribution in [3.8, 4) is 5.75 Å². The first-order chi connectivity index (χ1) is 10.6. The van der Waals surface area contributed by atoms with Gasteiger partial charge in [0.05, 0.1) is 17.6 Å². The number of rotatable bonds is 5. The molecule has 0 spiro atoms. The summed E-state index contributed by atoms with van der Waals surface area (Å²) in [5, 5.41) is 13.5. The molecule has 0 aromatic heterocycles. The van der Waals surface area contributed by atoms with Gasteiger partial charge in [0, 0.05) is 17.8 Å². The first kappa shape index (κ1) is 15.2. The molecule has 1 N–H and O–H groups in total. The third-order valence-electron chi connectivity index (χ3n) is 2.91. The summed E-state index contributed by atoms with van der Waals surface area (Å²) in [6.45, 7) is 0. The zero-order chi connectivity index (χ0) is 15.9. The van der Waals surface area contributed by atoms with Crippen LogP contribution in [0.25, 0.3) is 6.08 Å². The fraction of sp³-hybridized carbons (Fsp3) is 0.0625. The Kier molecular flexibility index (Phi) is 4.87. The lowest BCUT2D eigenvalue weighted by molar-refractivity contribution is -0.385. The number of amides is 1. The maximum absolute atomic E-state index is 11.8. The Labute approximate surface area is 127 Å². The Morgan fingerprint density at radius 3 is 2.50 bits per heavy atom. The van der Waals surface area contributed by atoms with Crippen LogP contribution in [0.1, 0.15) is 5.56 Å². The van der Waals surface area contributed by atoms with E-state index in [1.54, 1.807) is 49.6 Å². The summed E-state index contributed by atoms with van der Waals surface area (Å²) in [5.41, 5.74) is 0.936. The molecular formula is C16H14N2O4. The number of carbonyl (C=O) groups is 1. The van der Waals surface area contributed by atoms with Gasteiger partial charge in [0.1, 0.15) is 5.75 Å². The quantitative estimate of drug-likeness (QED) is 0.522. The second-order valence-corrected chi connectivity index (χ2v) is 4.37. The topological polar surface area (TPSA) is 81.5 Å². The SMILES string of the molecule is COc1ccc(NC(=O)C=Cc2ccccc2[N+](=O)[O-])cc1. The van der Waals surface area contributed by atoms with Crippen molar-refractivity contribution in [2.45, 2.75) is 0 Å². The second kappa shape index (κ2) is 7.03. The van der Waals surface area contributed by atoms with Crippen molar-refractivity contribution in [2.75, 3.05) is 12.4 Å². The fourth-order valence-corrected chi connectivity index (χ4v) is 1.82. The summed E-state index contributed by atoms with van der Waals surface area (Å²) in [5.74, 6) is 0.316. The lowest BCUT2D eigenvalue weighted by Gasteiger charge is -2.03. The van der Waals surface area contributed by atoms with E-state index in [0.717, 1.165) is 0 Å². The summed E-state index contributed by atoms with van der Waals surface area (Å²) in [7, 11) is 1.56. The van der Waals surface area contributed by atoms with Crippen molar-refractivity contribution in [2.24, 2.45) is 0 Å². The number of nitro benzene ring substituents is 1. The Morgan fingerprint density at radius 2 is 1.86 bits per heavy atom. The molecule has 0 aliphatic heterocycles. The molecule has 2 rings (SSSR count). The van der Waals surface area contributed by atoms with Crippen LogP contribution in [0.5, 0.6) is 5.75 Å². The number of nitro groups is 1. The van der Waals surface area contributed by atoms with Crippen LogP contribution in [0.4, 0.5) is 11.4 Å². The first-order valence-corrected chi connectivity index (χ1v) is 6.46. The number of nitrogens with one attached hydrogen (secondary N) is 1. The molecule has 0 fully saturated rings. The smallest absolute Gasteiger partial charge is 0.276 e. The number of hydrogen-bond acceptors (Lipinski definition) is 4. The van der Waals surface area contributed by atoms with Crippen LogP contribution >= 0.6 is 0 Å². The van der Waals surface area contributed by atoms with Gasteiger partial charge in [-0.05, 0) is 36.4 Å². The van der Waals surface area contributed by atoms with Crippen LogP contribution in [-0.2, 0) is 4.79 Å². The summed E-state index contributed by atoms with van der Waals surface area (Å²) in [6, 6.07) is 13.1. The second-order valence-electron chi connectivity index (χ2n) is 4.37. The van der Waals surface area contributed by atoms with Gasteiger partial charge in [-0.2, -0.15) is 0 Å². The van der Waals surface area contributed by atoms with Crippen molar-refractivity contribution in [3.05, 3.63) is 70.3 Å². The number of hydrogen-bond donors (Lipinski definition) is 1. The Hall–Kier alpha value is -3.15. The summed E-state index contributed by atoms with van der Waals surface area (Å²) in [6.07, 6.45) is 2.67. The van der Waals surface area contributed by atoms with Gasteiger partial charge in [-0.3, -0.25) is 14.9 Å². The molecule has 0 saturated carbocycles. The monoisotopic (exact) mass is 298 g/mol. The van der Waals surface area contributed by atoms with Crippen molar-refractivity contribution < 1.29 is 14.5 Å². The average Bonchev–Trinajstić information content (AvgIpc) is 2.54. The predicted octanol–water partition coefficient (Wildman–Crippen LogP) is 3.26. The van der Waals surface area contributed by atoms with Gasteiger partial charge in [0.15, 0.2) is 0 Å². The molecule has 1 amide bonds. The summed E-state index contributed by atoms with van der Waals surface area (Å²) >= 11 is 0. The zero-order valence-electron chi connectivity index (χ0n) is 11.9. The van der Waals surface area contributed by atoms with E-state index >= 15 is 0 Å². The number of carbonyl (C=O) groups excluding carboxylic acids is 1. The predicted molar refractivity (Wildman–Crippen MR) is 83.8 cm³/mol. The molecule has 0 unspecified atom stereocenters. The molecule has 0 aliphatic rings. The molecule has 0 aliphatic carbocycles. The van der Waals surface area contributed by atoms with E-state index in [0.29, 0.717) is 17.0 Å². The minimum Gasteiger partial charge on any atom is -0.497 e. The standard InChI is InChI=1S/C16H14N2O4/c1-22-14-9-7-13(8-10-14)17-16(19)11-6-12-4-2-3-5-15(12)18(20)21/h2-11H,1H3,(H,17,19). The highest BCUT2D eigenvalue weighted by Gasteiger charge is 2.09. The first-order valence-electron chi connectivity index (χ1n) is 6.46. The van der Waals surface area contributed by atoms with Crippen molar-refractivity contribution in [1.82, 2.24) is 0 Å². The minimum absolute atomic E-state index is 0.0454. The number of ether oxygens (including phenoxy) is 1. The fourth-order valence-electron chi connectivity index (χ4n) is 1.82. The van der Waals surface area contributed by atoms with Gasteiger partial charge in [0.2, 0.25) is 5.91 Å². The van der Waals surface area contributed by atoms with E-state index in [1.807, 2.05) is 0 Å². The summed E-state index contributed by atoms with van der Waals surface area (Å²) < 4.78 is 5.02. The van der Waals surface area contributed by atoms with Crippen molar-refractivity contribution in [3.63, 3.8) is 0 Å². The highest BCUT2D eigenvalue weighted by atomic mass is 16.6. The largest absolute Gasteiger partial charge is 0.497 e.